The van der Waals surface area contributed by atoms with E-state index in [1.807, 2.05) is 0 Å². The van der Waals surface area contributed by atoms with Crippen LogP contribution in [0.15, 0.2) is 0 Å². The Bertz CT molecular complexity index is 214. The van der Waals surface area contributed by atoms with Crippen LogP contribution in [0.1, 0.15) is 86.0 Å². The SMILES string of the molecule is CCCC.CCCC(F)(F)F.CCCCOCCO.CCCCOCCOC. The lowest BCUT2D eigenvalue weighted by Crippen LogP contribution is -2.04. The Morgan fingerprint density at radius 1 is 0.643 bits per heavy atom. The second-order valence-electron chi connectivity index (χ2n) is 6.01. The van der Waals surface area contributed by atoms with Crippen LogP contribution in [-0.2, 0) is 14.2 Å². The summed E-state index contributed by atoms with van der Waals surface area (Å²) in [6, 6.07) is 0. The molecule has 0 heterocycles. The van der Waals surface area contributed by atoms with Crippen molar-refractivity contribution >= 4 is 0 Å². The van der Waals surface area contributed by atoms with Gasteiger partial charge in [-0.2, -0.15) is 13.2 Å². The molecule has 176 valence electrons. The maximum Gasteiger partial charge on any atom is 0.389 e. The van der Waals surface area contributed by atoms with Crippen molar-refractivity contribution in [2.24, 2.45) is 0 Å². The summed E-state index contributed by atoms with van der Waals surface area (Å²) in [5.41, 5.74) is 0. The number of rotatable bonds is 13. The fraction of sp³-hybridized carbons (Fsp3) is 1.00. The molecule has 0 bridgehead atoms. The van der Waals surface area contributed by atoms with Gasteiger partial charge < -0.3 is 19.3 Å². The van der Waals surface area contributed by atoms with E-state index in [0.717, 1.165) is 39.1 Å². The average molecular weight is 421 g/mol. The van der Waals surface area contributed by atoms with Gasteiger partial charge in [-0.05, 0) is 19.3 Å². The first-order valence-electron chi connectivity index (χ1n) is 10.6. The molecule has 0 saturated carbocycles. The standard InChI is InChI=1S/C7H16O2.C6H14O2.C4H7F3.C4H10/c1-3-4-5-9-7-6-8-2;1-2-3-5-8-6-4-7;1-2-3-4(5,6)7;1-3-4-2/h3-7H2,1-2H3;7H,2-6H2,1H3;2-3H2,1H3;3-4H2,1-2H3. The lowest BCUT2D eigenvalue weighted by Gasteiger charge is -2.00. The van der Waals surface area contributed by atoms with Crippen LogP contribution < -0.4 is 0 Å². The highest BCUT2D eigenvalue weighted by Crippen LogP contribution is 2.20. The normalized spacial score (nSPS) is 10.1. The molecular weight excluding hydrogens is 373 g/mol. The number of ether oxygens (including phenoxy) is 3. The average Bonchev–Trinajstić information content (AvgIpc) is 2.65. The Morgan fingerprint density at radius 2 is 1.11 bits per heavy atom. The fourth-order valence-corrected chi connectivity index (χ4v) is 1.19. The molecule has 0 atom stereocenters. The predicted octanol–water partition coefficient (Wildman–Crippen LogP) is 6.40. The first-order valence-corrected chi connectivity index (χ1v) is 10.6. The Balaban J connectivity index is -0.000000142. The van der Waals surface area contributed by atoms with Crippen molar-refractivity contribution in [1.82, 2.24) is 0 Å². The summed E-state index contributed by atoms with van der Waals surface area (Å²) in [5, 5.41) is 8.24. The van der Waals surface area contributed by atoms with Crippen molar-refractivity contribution < 1.29 is 32.5 Å². The van der Waals surface area contributed by atoms with Crippen molar-refractivity contribution in [1.29, 1.82) is 0 Å². The number of methoxy groups -OCH3 is 1. The molecule has 0 aromatic heterocycles. The smallest absolute Gasteiger partial charge is 0.389 e. The van der Waals surface area contributed by atoms with Crippen LogP contribution in [0.2, 0.25) is 0 Å². The molecule has 0 radical (unpaired) electrons. The van der Waals surface area contributed by atoms with Crippen LogP contribution in [0.5, 0.6) is 0 Å². The monoisotopic (exact) mass is 420 g/mol. The zero-order chi connectivity index (χ0) is 22.5. The van der Waals surface area contributed by atoms with E-state index in [1.54, 1.807) is 7.11 Å². The molecular formula is C21H47F3O4. The van der Waals surface area contributed by atoms with E-state index in [1.165, 1.54) is 26.2 Å². The lowest BCUT2D eigenvalue weighted by molar-refractivity contribution is -0.134. The summed E-state index contributed by atoms with van der Waals surface area (Å²) in [5.74, 6) is 0. The number of hydrogen-bond donors (Lipinski definition) is 1. The highest BCUT2D eigenvalue weighted by atomic mass is 19.4. The Morgan fingerprint density at radius 3 is 1.36 bits per heavy atom. The van der Waals surface area contributed by atoms with Crippen LogP contribution in [0.3, 0.4) is 0 Å². The second kappa shape index (κ2) is 34.2. The summed E-state index contributed by atoms with van der Waals surface area (Å²) >= 11 is 0. The number of aliphatic hydroxyl groups is 1. The first kappa shape index (κ1) is 35.1. The maximum atomic E-state index is 11.1. The number of unbranched alkanes of at least 4 members (excludes halogenated alkanes) is 3. The molecule has 0 aliphatic heterocycles. The minimum absolute atomic E-state index is 0.143. The largest absolute Gasteiger partial charge is 0.394 e. The van der Waals surface area contributed by atoms with Gasteiger partial charge in [-0.15, -0.1) is 0 Å². The van der Waals surface area contributed by atoms with E-state index >= 15 is 0 Å². The van der Waals surface area contributed by atoms with Crippen molar-refractivity contribution in [3.05, 3.63) is 0 Å². The molecule has 4 nitrogen and oxygen atoms in total. The number of alkyl halides is 3. The van der Waals surface area contributed by atoms with Crippen LogP contribution in [0, 0.1) is 0 Å². The van der Waals surface area contributed by atoms with Crippen LogP contribution in [0.25, 0.3) is 0 Å². The van der Waals surface area contributed by atoms with Crippen molar-refractivity contribution in [3.63, 3.8) is 0 Å². The molecule has 0 spiro atoms. The van der Waals surface area contributed by atoms with Gasteiger partial charge in [0.2, 0.25) is 0 Å². The highest BCUT2D eigenvalue weighted by molar-refractivity contribution is 4.44. The van der Waals surface area contributed by atoms with Gasteiger partial charge in [0.05, 0.1) is 26.4 Å². The van der Waals surface area contributed by atoms with Crippen LogP contribution >= 0.6 is 0 Å². The second-order valence-corrected chi connectivity index (χ2v) is 6.01. The molecule has 0 amide bonds. The number of halogens is 3. The Labute approximate surface area is 172 Å². The van der Waals surface area contributed by atoms with E-state index in [0.29, 0.717) is 13.2 Å². The molecule has 0 saturated heterocycles. The lowest BCUT2D eigenvalue weighted by atomic mass is 10.3. The summed E-state index contributed by atoms with van der Waals surface area (Å²) in [6.07, 6.45) is 2.83. The van der Waals surface area contributed by atoms with Gasteiger partial charge in [-0.1, -0.05) is 60.3 Å². The first-order chi connectivity index (χ1) is 13.3. The number of aliphatic hydroxyl groups excluding tert-OH is 1. The van der Waals surface area contributed by atoms with Gasteiger partial charge in [0.1, 0.15) is 0 Å². The summed E-state index contributed by atoms with van der Waals surface area (Å²) in [4.78, 5) is 0. The number of hydrogen-bond acceptors (Lipinski definition) is 4. The molecule has 0 aliphatic rings. The van der Waals surface area contributed by atoms with E-state index in [4.69, 9.17) is 19.3 Å². The molecule has 7 heteroatoms. The fourth-order valence-electron chi connectivity index (χ4n) is 1.19. The Hall–Kier alpha value is -0.370. The molecule has 0 aromatic carbocycles. The Kier molecular flexibility index (Phi) is 42.8. The summed E-state index contributed by atoms with van der Waals surface area (Å²) in [7, 11) is 1.68. The predicted molar refractivity (Wildman–Crippen MR) is 112 cm³/mol. The van der Waals surface area contributed by atoms with Crippen LogP contribution in [-0.4, -0.2) is 58.0 Å². The molecule has 0 aromatic rings. The topological polar surface area (TPSA) is 47.9 Å². The maximum absolute atomic E-state index is 11.1. The van der Waals surface area contributed by atoms with E-state index in [9.17, 15) is 13.2 Å². The molecule has 0 unspecified atom stereocenters. The molecule has 28 heavy (non-hydrogen) atoms. The highest BCUT2D eigenvalue weighted by Gasteiger charge is 2.24. The molecule has 1 N–H and O–H groups in total. The third kappa shape index (κ3) is 63.6. The third-order valence-electron chi connectivity index (χ3n) is 2.99. The van der Waals surface area contributed by atoms with Gasteiger partial charge in [-0.25, -0.2) is 0 Å². The van der Waals surface area contributed by atoms with E-state index < -0.39 is 12.6 Å². The van der Waals surface area contributed by atoms with E-state index in [-0.39, 0.29) is 13.0 Å². The third-order valence-corrected chi connectivity index (χ3v) is 2.99. The summed E-state index contributed by atoms with van der Waals surface area (Å²) < 4.78 is 48.1. The van der Waals surface area contributed by atoms with Crippen LogP contribution in [0.4, 0.5) is 13.2 Å². The van der Waals surface area contributed by atoms with Crippen molar-refractivity contribution in [2.45, 2.75) is 92.2 Å². The molecule has 0 fully saturated rings. The van der Waals surface area contributed by atoms with Gasteiger partial charge >= 0.3 is 6.18 Å². The zero-order valence-electron chi connectivity index (χ0n) is 19.2. The molecule has 0 aliphatic carbocycles. The van der Waals surface area contributed by atoms with Gasteiger partial charge in [-0.3, -0.25) is 0 Å². The minimum Gasteiger partial charge on any atom is -0.394 e. The zero-order valence-corrected chi connectivity index (χ0v) is 19.2. The van der Waals surface area contributed by atoms with E-state index in [2.05, 4.69) is 27.7 Å². The van der Waals surface area contributed by atoms with Crippen molar-refractivity contribution in [3.8, 4) is 0 Å². The molecule has 0 rings (SSSR count). The van der Waals surface area contributed by atoms with Gasteiger partial charge in [0.25, 0.3) is 0 Å². The van der Waals surface area contributed by atoms with Gasteiger partial charge in [0.15, 0.2) is 0 Å². The summed E-state index contributed by atoms with van der Waals surface area (Å²) in [6.45, 7) is 13.9. The minimum atomic E-state index is -3.95. The van der Waals surface area contributed by atoms with Gasteiger partial charge in [0, 0.05) is 26.7 Å². The quantitative estimate of drug-likeness (QED) is 0.350. The van der Waals surface area contributed by atoms with Crippen molar-refractivity contribution in [2.75, 3.05) is 46.8 Å².